The van der Waals surface area contributed by atoms with Gasteiger partial charge in [-0.15, -0.1) is 0 Å². The molecular weight excluding hydrogens is 236 g/mol. The van der Waals surface area contributed by atoms with Crippen LogP contribution >= 0.6 is 0 Å². The maximum atomic E-state index is 12.2. The highest BCUT2D eigenvalue weighted by atomic mass is 16.5. The van der Waals surface area contributed by atoms with Crippen LogP contribution in [0.5, 0.6) is 0 Å². The summed E-state index contributed by atoms with van der Waals surface area (Å²) in [7, 11) is 0. The zero-order valence-electron chi connectivity index (χ0n) is 10.1. The fourth-order valence-electron chi connectivity index (χ4n) is 3.70. The molecule has 0 spiro atoms. The fraction of sp³-hybridized carbons (Fsp3) is 0.692. The van der Waals surface area contributed by atoms with Gasteiger partial charge in [0.2, 0.25) is 0 Å². The first-order chi connectivity index (χ1) is 8.53. The van der Waals surface area contributed by atoms with Crippen LogP contribution in [0.2, 0.25) is 0 Å². The molecule has 4 rings (SSSR count). The average Bonchev–Trinajstić information content (AvgIpc) is 3.01. The Morgan fingerprint density at radius 1 is 1.17 bits per heavy atom. The van der Waals surface area contributed by atoms with Crippen molar-refractivity contribution in [3.05, 3.63) is 0 Å². The topological polar surface area (TPSA) is 77.5 Å². The number of hydrogen-bond donors (Lipinski definition) is 0. The first-order valence-corrected chi connectivity index (χ1v) is 6.29. The predicted molar refractivity (Wildman–Crippen MR) is 58.4 cm³/mol. The lowest BCUT2D eigenvalue weighted by Gasteiger charge is -2.12. The number of ether oxygens (including phenoxy) is 1. The summed E-state index contributed by atoms with van der Waals surface area (Å²) in [6.07, 6.45) is 0.656. The van der Waals surface area contributed by atoms with Gasteiger partial charge in [0, 0.05) is 19.3 Å². The van der Waals surface area contributed by atoms with Crippen molar-refractivity contribution in [1.29, 1.82) is 0 Å². The highest BCUT2D eigenvalue weighted by Crippen LogP contribution is 2.66. The second kappa shape index (κ2) is 3.49. The normalized spacial score (nSPS) is 41.4. The predicted octanol–water partition coefficient (Wildman–Crippen LogP) is 0.303. The molecule has 0 aromatic carbocycles. The minimum absolute atomic E-state index is 0.116. The minimum atomic E-state index is -1.45. The third-order valence-electron chi connectivity index (χ3n) is 4.43. The molecular formula is C13H14O5. The van der Waals surface area contributed by atoms with Crippen LogP contribution in [-0.2, 0) is 23.9 Å². The molecule has 0 heterocycles. The lowest BCUT2D eigenvalue weighted by Crippen LogP contribution is -2.32. The molecule has 4 bridgehead atoms. The van der Waals surface area contributed by atoms with Crippen LogP contribution in [0, 0.1) is 23.2 Å². The van der Waals surface area contributed by atoms with Crippen LogP contribution in [0.25, 0.3) is 0 Å². The number of esters is 1. The third kappa shape index (κ3) is 1.17. The van der Waals surface area contributed by atoms with E-state index in [0.29, 0.717) is 0 Å². The Morgan fingerprint density at radius 3 is 2.22 bits per heavy atom. The third-order valence-corrected chi connectivity index (χ3v) is 4.43. The van der Waals surface area contributed by atoms with Crippen LogP contribution in [0.15, 0.2) is 0 Å². The maximum absolute atomic E-state index is 12.2. The molecule has 4 aliphatic rings. The molecule has 18 heavy (non-hydrogen) atoms. The highest BCUT2D eigenvalue weighted by Gasteiger charge is 2.81. The van der Waals surface area contributed by atoms with Gasteiger partial charge in [-0.05, 0) is 12.8 Å². The molecule has 0 radical (unpaired) electrons. The molecule has 4 fully saturated rings. The molecule has 0 saturated heterocycles. The van der Waals surface area contributed by atoms with Crippen molar-refractivity contribution in [3.63, 3.8) is 0 Å². The lowest BCUT2D eigenvalue weighted by atomic mass is 9.94. The van der Waals surface area contributed by atoms with Crippen molar-refractivity contribution in [3.8, 4) is 0 Å². The number of rotatable bonds is 2. The summed E-state index contributed by atoms with van der Waals surface area (Å²) in [5, 5.41) is 0. The van der Waals surface area contributed by atoms with E-state index in [9.17, 15) is 19.2 Å². The highest BCUT2D eigenvalue weighted by molar-refractivity contribution is 6.21. The first kappa shape index (κ1) is 11.6. The van der Waals surface area contributed by atoms with Gasteiger partial charge in [0.15, 0.2) is 5.78 Å². The molecule has 0 aromatic heterocycles. The standard InChI is InChI=1S/C13H14O5/c1-2-18-12(17)13-9(16)5-6-3-7(14)10(13)11(13)8(15)4-6/h6,10-11H,2-5H2,1H3/t6?,10-,11?,13?/m0/s1. The Labute approximate surface area is 104 Å². The second-order valence-corrected chi connectivity index (χ2v) is 5.38. The van der Waals surface area contributed by atoms with Crippen LogP contribution in [0.4, 0.5) is 0 Å². The van der Waals surface area contributed by atoms with E-state index in [1.54, 1.807) is 6.92 Å². The quantitative estimate of drug-likeness (QED) is 0.520. The molecule has 0 amide bonds. The summed E-state index contributed by atoms with van der Waals surface area (Å²) in [5.74, 6) is -2.84. The van der Waals surface area contributed by atoms with Gasteiger partial charge < -0.3 is 4.74 Å². The minimum Gasteiger partial charge on any atom is -0.465 e. The monoisotopic (exact) mass is 250 g/mol. The number of hydrogen-bond acceptors (Lipinski definition) is 5. The van der Waals surface area contributed by atoms with Gasteiger partial charge in [0.1, 0.15) is 17.0 Å². The summed E-state index contributed by atoms with van der Waals surface area (Å²) >= 11 is 0. The first-order valence-electron chi connectivity index (χ1n) is 6.29. The van der Waals surface area contributed by atoms with Crippen molar-refractivity contribution < 1.29 is 23.9 Å². The van der Waals surface area contributed by atoms with Gasteiger partial charge >= 0.3 is 5.97 Å². The van der Waals surface area contributed by atoms with Crippen molar-refractivity contribution in [1.82, 2.24) is 0 Å². The number of Topliss-reactive ketones (excluding diaryl/α,β-unsaturated/α-hetero) is 3. The Bertz CT molecular complexity index is 454. The maximum Gasteiger partial charge on any atom is 0.321 e. The number of carbonyl (C=O) groups excluding carboxylic acids is 4. The second-order valence-electron chi connectivity index (χ2n) is 5.38. The summed E-state index contributed by atoms with van der Waals surface area (Å²) in [4.78, 5) is 48.3. The van der Waals surface area contributed by atoms with Crippen molar-refractivity contribution in [2.75, 3.05) is 6.61 Å². The molecule has 0 aliphatic heterocycles. The van der Waals surface area contributed by atoms with Crippen LogP contribution < -0.4 is 0 Å². The molecule has 96 valence electrons. The number of fused-ring (bicyclic) bond motifs is 3. The Morgan fingerprint density at radius 2 is 1.72 bits per heavy atom. The number of ketones is 3. The Hall–Kier alpha value is -1.52. The van der Waals surface area contributed by atoms with E-state index in [-0.39, 0.29) is 49.1 Å². The summed E-state index contributed by atoms with van der Waals surface area (Å²) in [5.41, 5.74) is -1.45. The van der Waals surface area contributed by atoms with Gasteiger partial charge in [0.05, 0.1) is 18.4 Å². The SMILES string of the molecule is CCOC(=O)C12C(=O)CC3CC(=O)C1[C@@H]2C(=O)C3. The van der Waals surface area contributed by atoms with Crippen LogP contribution in [0.1, 0.15) is 26.2 Å². The molecule has 4 aliphatic carbocycles. The van der Waals surface area contributed by atoms with E-state index < -0.39 is 23.2 Å². The Balaban J connectivity index is 2.08. The molecule has 0 N–H and O–H groups in total. The summed E-state index contributed by atoms with van der Waals surface area (Å²) < 4.78 is 4.94. The average molecular weight is 250 g/mol. The van der Waals surface area contributed by atoms with Gasteiger partial charge in [-0.1, -0.05) is 0 Å². The van der Waals surface area contributed by atoms with Gasteiger partial charge in [-0.3, -0.25) is 19.2 Å². The van der Waals surface area contributed by atoms with Gasteiger partial charge in [-0.25, -0.2) is 0 Å². The largest absolute Gasteiger partial charge is 0.465 e. The van der Waals surface area contributed by atoms with Crippen molar-refractivity contribution in [2.45, 2.75) is 26.2 Å². The van der Waals surface area contributed by atoms with E-state index in [1.165, 1.54) is 0 Å². The van der Waals surface area contributed by atoms with Crippen LogP contribution in [0.3, 0.4) is 0 Å². The lowest BCUT2D eigenvalue weighted by molar-refractivity contribution is -0.156. The summed E-state index contributed by atoms with van der Waals surface area (Å²) in [6, 6.07) is 0. The molecule has 0 aromatic rings. The smallest absolute Gasteiger partial charge is 0.321 e. The van der Waals surface area contributed by atoms with E-state index in [2.05, 4.69) is 0 Å². The van der Waals surface area contributed by atoms with Gasteiger partial charge in [0.25, 0.3) is 0 Å². The molecule has 5 nitrogen and oxygen atoms in total. The molecule has 4 atom stereocenters. The number of carbonyl (C=O) groups is 4. The molecule has 3 unspecified atom stereocenters. The zero-order chi connectivity index (χ0) is 13.1. The molecule has 5 heteroatoms. The van der Waals surface area contributed by atoms with E-state index in [1.807, 2.05) is 0 Å². The van der Waals surface area contributed by atoms with Gasteiger partial charge in [-0.2, -0.15) is 0 Å². The van der Waals surface area contributed by atoms with Crippen LogP contribution in [-0.4, -0.2) is 29.9 Å². The fourth-order valence-corrected chi connectivity index (χ4v) is 3.70. The van der Waals surface area contributed by atoms with E-state index >= 15 is 0 Å². The molecule has 4 saturated carbocycles. The van der Waals surface area contributed by atoms with E-state index in [0.717, 1.165) is 0 Å². The summed E-state index contributed by atoms with van der Waals surface area (Å²) in [6.45, 7) is 1.80. The van der Waals surface area contributed by atoms with Crippen molar-refractivity contribution in [2.24, 2.45) is 23.2 Å². The van der Waals surface area contributed by atoms with E-state index in [4.69, 9.17) is 4.74 Å². The van der Waals surface area contributed by atoms with Crippen molar-refractivity contribution >= 4 is 23.3 Å². The Kier molecular flexibility index (Phi) is 2.24. The zero-order valence-corrected chi connectivity index (χ0v) is 10.1.